The van der Waals surface area contributed by atoms with Crippen LogP contribution >= 0.6 is 0 Å². The zero-order valence-electron chi connectivity index (χ0n) is 10.4. The monoisotopic (exact) mass is 236 g/mol. The molecule has 17 heavy (non-hydrogen) atoms. The van der Waals surface area contributed by atoms with E-state index in [0.29, 0.717) is 5.75 Å². The summed E-state index contributed by atoms with van der Waals surface area (Å²) in [6, 6.07) is 3.14. The summed E-state index contributed by atoms with van der Waals surface area (Å²) in [5.41, 5.74) is 0.545. The Morgan fingerprint density at radius 2 is 2.12 bits per heavy atom. The number of rotatable bonds is 1. The van der Waals surface area contributed by atoms with Crippen molar-refractivity contribution in [2.75, 3.05) is 7.11 Å². The van der Waals surface area contributed by atoms with Crippen LogP contribution in [0.4, 0.5) is 0 Å². The number of phenolic OH excluding ortho intramolecular Hbond substituents is 1. The lowest BCUT2D eigenvalue weighted by Crippen LogP contribution is -2.28. The third-order valence-corrected chi connectivity index (χ3v) is 3.42. The first-order valence-electron chi connectivity index (χ1n) is 5.51. The lowest BCUT2D eigenvalue weighted by atomic mass is 9.86. The molecular weight excluding hydrogens is 220 g/mol. The smallest absolute Gasteiger partial charge is 0.342 e. The van der Waals surface area contributed by atoms with Crippen LogP contribution in [0.15, 0.2) is 12.1 Å². The molecule has 1 heterocycles. The highest BCUT2D eigenvalue weighted by molar-refractivity contribution is 5.95. The Kier molecular flexibility index (Phi) is 2.53. The fraction of sp³-hybridized carbons (Fsp3) is 0.462. The van der Waals surface area contributed by atoms with E-state index in [1.807, 2.05) is 20.8 Å². The summed E-state index contributed by atoms with van der Waals surface area (Å²) >= 11 is 0. The molecule has 1 unspecified atom stereocenters. The van der Waals surface area contributed by atoms with E-state index >= 15 is 0 Å². The molecule has 0 spiro atoms. The van der Waals surface area contributed by atoms with E-state index in [2.05, 4.69) is 0 Å². The molecule has 1 aromatic carbocycles. The van der Waals surface area contributed by atoms with E-state index in [-0.39, 0.29) is 22.8 Å². The second-order valence-electron chi connectivity index (χ2n) is 4.79. The molecule has 92 valence electrons. The number of methoxy groups -OCH3 is 1. The van der Waals surface area contributed by atoms with Crippen molar-refractivity contribution in [3.05, 3.63) is 23.3 Å². The van der Waals surface area contributed by atoms with E-state index in [0.717, 1.165) is 5.56 Å². The Balaban J connectivity index is 2.64. The number of aromatic hydroxyl groups is 1. The maximum absolute atomic E-state index is 11.7. The minimum absolute atomic E-state index is 0.0127. The second kappa shape index (κ2) is 3.65. The average Bonchev–Trinajstić information content (AvgIpc) is 2.50. The number of carbonyl (C=O) groups excluding carboxylic acids is 1. The van der Waals surface area contributed by atoms with Crippen LogP contribution < -0.4 is 4.74 Å². The summed E-state index contributed by atoms with van der Waals surface area (Å²) < 4.78 is 10.5. The van der Waals surface area contributed by atoms with Gasteiger partial charge in [-0.2, -0.15) is 0 Å². The molecule has 0 bridgehead atoms. The predicted octanol–water partition coefficient (Wildman–Crippen LogP) is 2.45. The van der Waals surface area contributed by atoms with Gasteiger partial charge in [0, 0.05) is 11.5 Å². The normalized spacial score (nSPS) is 20.6. The van der Waals surface area contributed by atoms with Crippen molar-refractivity contribution in [2.24, 2.45) is 0 Å². The van der Waals surface area contributed by atoms with Crippen molar-refractivity contribution in [3.8, 4) is 11.5 Å². The average molecular weight is 236 g/mol. The predicted molar refractivity (Wildman–Crippen MR) is 62.6 cm³/mol. The largest absolute Gasteiger partial charge is 0.507 e. The Morgan fingerprint density at radius 3 is 2.71 bits per heavy atom. The maximum Gasteiger partial charge on any atom is 0.342 e. The Morgan fingerprint density at radius 1 is 1.47 bits per heavy atom. The molecule has 0 amide bonds. The molecule has 1 atom stereocenters. The second-order valence-corrected chi connectivity index (χ2v) is 4.79. The van der Waals surface area contributed by atoms with Crippen LogP contribution in [0, 0.1) is 0 Å². The number of benzene rings is 1. The molecule has 0 saturated carbocycles. The van der Waals surface area contributed by atoms with Crippen LogP contribution in [0.2, 0.25) is 0 Å². The zero-order valence-corrected chi connectivity index (χ0v) is 10.4. The molecule has 2 rings (SSSR count). The highest BCUT2D eigenvalue weighted by Crippen LogP contribution is 2.48. The van der Waals surface area contributed by atoms with Crippen LogP contribution in [0.1, 0.15) is 42.6 Å². The van der Waals surface area contributed by atoms with Crippen LogP contribution in [-0.2, 0) is 4.74 Å². The van der Waals surface area contributed by atoms with Crippen molar-refractivity contribution in [1.29, 1.82) is 0 Å². The molecule has 4 heteroatoms. The molecule has 0 radical (unpaired) electrons. The number of fused-ring (bicyclic) bond motifs is 1. The van der Waals surface area contributed by atoms with E-state index < -0.39 is 5.97 Å². The fourth-order valence-corrected chi connectivity index (χ4v) is 2.14. The van der Waals surface area contributed by atoms with Crippen molar-refractivity contribution in [2.45, 2.75) is 32.3 Å². The molecule has 0 saturated heterocycles. The summed E-state index contributed by atoms with van der Waals surface area (Å²) in [7, 11) is 1.30. The van der Waals surface area contributed by atoms with Crippen molar-refractivity contribution >= 4 is 5.97 Å². The minimum atomic E-state index is -0.535. The van der Waals surface area contributed by atoms with Gasteiger partial charge < -0.3 is 14.6 Å². The van der Waals surface area contributed by atoms with E-state index in [4.69, 9.17) is 9.47 Å². The van der Waals surface area contributed by atoms with Gasteiger partial charge in [0.05, 0.1) is 7.11 Å². The third-order valence-electron chi connectivity index (χ3n) is 3.42. The molecule has 4 nitrogen and oxygen atoms in total. The van der Waals surface area contributed by atoms with Gasteiger partial charge in [0.25, 0.3) is 0 Å². The summed E-state index contributed by atoms with van der Waals surface area (Å²) in [5.74, 6) is 0.0515. The third kappa shape index (κ3) is 1.64. The first-order chi connectivity index (χ1) is 7.88. The van der Waals surface area contributed by atoms with E-state index in [1.165, 1.54) is 13.2 Å². The Bertz CT molecular complexity index is 477. The lowest BCUT2D eigenvalue weighted by Gasteiger charge is -2.23. The van der Waals surface area contributed by atoms with Gasteiger partial charge in [0.15, 0.2) is 0 Å². The highest BCUT2D eigenvalue weighted by atomic mass is 16.5. The van der Waals surface area contributed by atoms with Gasteiger partial charge in [0.1, 0.15) is 22.7 Å². The number of carbonyl (C=O) groups is 1. The molecule has 0 aliphatic carbocycles. The van der Waals surface area contributed by atoms with Gasteiger partial charge in [-0.05, 0) is 26.0 Å². The SMILES string of the molecule is COC(=O)c1c(O)ccc2c1C(C)C(C)(C)O2. The van der Waals surface area contributed by atoms with Crippen molar-refractivity contribution < 1.29 is 19.4 Å². The van der Waals surface area contributed by atoms with E-state index in [9.17, 15) is 9.90 Å². The zero-order chi connectivity index (χ0) is 12.8. The molecule has 1 aliphatic rings. The molecule has 1 aromatic rings. The Hall–Kier alpha value is -1.71. The first-order valence-corrected chi connectivity index (χ1v) is 5.51. The van der Waals surface area contributed by atoms with Gasteiger partial charge in [-0.3, -0.25) is 0 Å². The van der Waals surface area contributed by atoms with Gasteiger partial charge in [0.2, 0.25) is 0 Å². The highest BCUT2D eigenvalue weighted by Gasteiger charge is 2.41. The van der Waals surface area contributed by atoms with Crippen LogP contribution in [-0.4, -0.2) is 23.8 Å². The maximum atomic E-state index is 11.7. The lowest BCUT2D eigenvalue weighted by molar-refractivity contribution is 0.0595. The topological polar surface area (TPSA) is 55.8 Å². The molecule has 1 aliphatic heterocycles. The number of hydrogen-bond donors (Lipinski definition) is 1. The van der Waals surface area contributed by atoms with Crippen molar-refractivity contribution in [3.63, 3.8) is 0 Å². The van der Waals surface area contributed by atoms with Crippen LogP contribution in [0.3, 0.4) is 0 Å². The van der Waals surface area contributed by atoms with Crippen LogP contribution in [0.5, 0.6) is 11.5 Å². The summed E-state index contributed by atoms with van der Waals surface area (Å²) in [5, 5.41) is 9.81. The molecule has 0 aromatic heterocycles. The number of esters is 1. The summed E-state index contributed by atoms with van der Waals surface area (Å²) in [6.07, 6.45) is 0. The van der Waals surface area contributed by atoms with Gasteiger partial charge in [-0.25, -0.2) is 4.79 Å². The number of phenols is 1. The standard InChI is InChI=1S/C13H16O4/c1-7-10-9(17-13(7,2)3)6-5-8(14)11(10)12(15)16-4/h5-7,14H,1-4H3. The van der Waals surface area contributed by atoms with Crippen molar-refractivity contribution in [1.82, 2.24) is 0 Å². The molecular formula is C13H16O4. The quantitative estimate of drug-likeness (QED) is 0.761. The minimum Gasteiger partial charge on any atom is -0.507 e. The Labute approximate surface area is 100 Å². The first kappa shape index (κ1) is 11.8. The van der Waals surface area contributed by atoms with Gasteiger partial charge in [-0.1, -0.05) is 6.92 Å². The van der Waals surface area contributed by atoms with Crippen LogP contribution in [0.25, 0.3) is 0 Å². The molecule has 1 N–H and O–H groups in total. The number of ether oxygens (including phenoxy) is 2. The summed E-state index contributed by atoms with van der Waals surface area (Å²) in [6.45, 7) is 5.88. The summed E-state index contributed by atoms with van der Waals surface area (Å²) in [4.78, 5) is 11.7. The van der Waals surface area contributed by atoms with E-state index in [1.54, 1.807) is 6.07 Å². The van der Waals surface area contributed by atoms with Gasteiger partial charge >= 0.3 is 5.97 Å². The van der Waals surface area contributed by atoms with Gasteiger partial charge in [-0.15, -0.1) is 0 Å². The molecule has 0 fully saturated rings. The number of hydrogen-bond acceptors (Lipinski definition) is 4. The fourth-order valence-electron chi connectivity index (χ4n) is 2.14.